The molecule has 0 aliphatic heterocycles. The zero-order valence-electron chi connectivity index (χ0n) is 9.86. The fourth-order valence-electron chi connectivity index (χ4n) is 3.14. The highest BCUT2D eigenvalue weighted by Crippen LogP contribution is 2.49. The van der Waals surface area contributed by atoms with Gasteiger partial charge in [0.2, 0.25) is 0 Å². The van der Waals surface area contributed by atoms with Crippen molar-refractivity contribution in [1.29, 1.82) is 0 Å². The van der Waals surface area contributed by atoms with Gasteiger partial charge in [0.05, 0.1) is 0 Å². The molecular weight excluding hydrogens is 194 g/mol. The summed E-state index contributed by atoms with van der Waals surface area (Å²) in [6.45, 7) is 0. The molecule has 1 atom stereocenters. The van der Waals surface area contributed by atoms with Crippen LogP contribution in [0.3, 0.4) is 0 Å². The van der Waals surface area contributed by atoms with Gasteiger partial charge in [-0.25, -0.2) is 0 Å². The first-order chi connectivity index (χ1) is 7.81. The summed E-state index contributed by atoms with van der Waals surface area (Å²) >= 11 is 0. The van der Waals surface area contributed by atoms with Crippen molar-refractivity contribution in [3.8, 4) is 0 Å². The van der Waals surface area contributed by atoms with E-state index in [0.29, 0.717) is 11.5 Å². The third kappa shape index (κ3) is 1.67. The van der Waals surface area contributed by atoms with E-state index in [1.807, 2.05) is 0 Å². The van der Waals surface area contributed by atoms with Crippen LogP contribution in [-0.4, -0.2) is 6.04 Å². The zero-order chi connectivity index (χ0) is 11.0. The van der Waals surface area contributed by atoms with E-state index in [2.05, 4.69) is 30.3 Å². The second kappa shape index (κ2) is 3.89. The summed E-state index contributed by atoms with van der Waals surface area (Å²) in [6, 6.07) is 11.3. The molecule has 1 aromatic rings. The van der Waals surface area contributed by atoms with E-state index in [0.717, 1.165) is 5.92 Å². The maximum atomic E-state index is 6.49. The molecule has 0 aromatic heterocycles. The van der Waals surface area contributed by atoms with Gasteiger partial charge in [-0.1, -0.05) is 49.6 Å². The molecule has 1 unspecified atom stereocenters. The lowest BCUT2D eigenvalue weighted by atomic mass is 9.59. The lowest BCUT2D eigenvalue weighted by Crippen LogP contribution is -2.50. The monoisotopic (exact) mass is 215 g/mol. The highest BCUT2D eigenvalue weighted by atomic mass is 14.7. The Balaban J connectivity index is 1.81. The Morgan fingerprint density at radius 2 is 1.88 bits per heavy atom. The summed E-state index contributed by atoms with van der Waals surface area (Å²) in [5.41, 5.74) is 8.29. The lowest BCUT2D eigenvalue weighted by molar-refractivity contribution is 0.184. The van der Waals surface area contributed by atoms with E-state index in [1.54, 1.807) is 0 Å². The Morgan fingerprint density at radius 1 is 1.19 bits per heavy atom. The van der Waals surface area contributed by atoms with Crippen molar-refractivity contribution in [2.24, 2.45) is 11.7 Å². The fraction of sp³-hybridized carbons (Fsp3) is 0.600. The van der Waals surface area contributed by atoms with Crippen molar-refractivity contribution in [2.45, 2.75) is 50.0 Å². The van der Waals surface area contributed by atoms with Gasteiger partial charge in [0.15, 0.2) is 0 Å². The standard InChI is InChI=1S/C15H21N/c16-14(11-12-7-8-12)15(9-4-10-15)13-5-2-1-3-6-13/h1-3,5-6,12,14H,4,7-11,16H2. The minimum Gasteiger partial charge on any atom is -0.327 e. The van der Waals surface area contributed by atoms with Gasteiger partial charge in [0.1, 0.15) is 0 Å². The van der Waals surface area contributed by atoms with Crippen LogP contribution >= 0.6 is 0 Å². The Morgan fingerprint density at radius 3 is 2.38 bits per heavy atom. The quantitative estimate of drug-likeness (QED) is 0.820. The van der Waals surface area contributed by atoms with Crippen LogP contribution in [0, 0.1) is 5.92 Å². The van der Waals surface area contributed by atoms with Gasteiger partial charge in [0.25, 0.3) is 0 Å². The van der Waals surface area contributed by atoms with E-state index < -0.39 is 0 Å². The third-order valence-electron chi connectivity index (χ3n) is 4.59. The van der Waals surface area contributed by atoms with E-state index in [1.165, 1.54) is 44.1 Å². The summed E-state index contributed by atoms with van der Waals surface area (Å²) < 4.78 is 0. The fourth-order valence-corrected chi connectivity index (χ4v) is 3.14. The lowest BCUT2D eigenvalue weighted by Gasteiger charge is -2.47. The van der Waals surface area contributed by atoms with E-state index >= 15 is 0 Å². The molecule has 0 spiro atoms. The molecule has 1 aromatic carbocycles. The number of hydrogen-bond donors (Lipinski definition) is 1. The second-order valence-corrected chi connectivity index (χ2v) is 5.66. The van der Waals surface area contributed by atoms with E-state index in [9.17, 15) is 0 Å². The van der Waals surface area contributed by atoms with Crippen LogP contribution < -0.4 is 5.73 Å². The molecule has 0 bridgehead atoms. The highest BCUT2D eigenvalue weighted by Gasteiger charge is 2.45. The Kier molecular flexibility index (Phi) is 2.51. The highest BCUT2D eigenvalue weighted by molar-refractivity contribution is 5.30. The molecule has 2 aliphatic rings. The largest absolute Gasteiger partial charge is 0.327 e. The first-order valence-electron chi connectivity index (χ1n) is 6.62. The predicted molar refractivity (Wildman–Crippen MR) is 67.3 cm³/mol. The van der Waals surface area contributed by atoms with Crippen molar-refractivity contribution in [3.05, 3.63) is 35.9 Å². The SMILES string of the molecule is NC(CC1CC1)C1(c2ccccc2)CCC1. The van der Waals surface area contributed by atoms with Gasteiger partial charge in [0, 0.05) is 11.5 Å². The predicted octanol–water partition coefficient (Wildman–Crippen LogP) is 3.24. The molecule has 2 N–H and O–H groups in total. The molecule has 16 heavy (non-hydrogen) atoms. The smallest absolute Gasteiger partial charge is 0.0139 e. The minimum absolute atomic E-state index is 0.323. The van der Waals surface area contributed by atoms with Gasteiger partial charge in [-0.05, 0) is 30.7 Å². The number of nitrogens with two attached hydrogens (primary N) is 1. The van der Waals surface area contributed by atoms with Crippen LogP contribution in [-0.2, 0) is 5.41 Å². The van der Waals surface area contributed by atoms with E-state index in [4.69, 9.17) is 5.73 Å². The molecule has 86 valence electrons. The molecule has 2 saturated carbocycles. The molecular formula is C15H21N. The molecule has 0 amide bonds. The summed E-state index contributed by atoms with van der Waals surface area (Å²) in [4.78, 5) is 0. The normalized spacial score (nSPS) is 24.8. The molecule has 0 heterocycles. The zero-order valence-corrected chi connectivity index (χ0v) is 9.86. The topological polar surface area (TPSA) is 26.0 Å². The first kappa shape index (κ1) is 10.3. The van der Waals surface area contributed by atoms with Crippen LogP contribution in [0.15, 0.2) is 30.3 Å². The average molecular weight is 215 g/mol. The average Bonchev–Trinajstić information content (AvgIpc) is 3.01. The van der Waals surface area contributed by atoms with Crippen molar-refractivity contribution in [2.75, 3.05) is 0 Å². The van der Waals surface area contributed by atoms with Crippen LogP contribution in [0.1, 0.15) is 44.1 Å². The minimum atomic E-state index is 0.323. The Bertz CT molecular complexity index is 349. The van der Waals surface area contributed by atoms with Crippen LogP contribution in [0.5, 0.6) is 0 Å². The van der Waals surface area contributed by atoms with E-state index in [-0.39, 0.29) is 0 Å². The molecule has 3 rings (SSSR count). The van der Waals surface area contributed by atoms with Gasteiger partial charge < -0.3 is 5.73 Å². The van der Waals surface area contributed by atoms with Gasteiger partial charge >= 0.3 is 0 Å². The molecule has 2 fully saturated rings. The van der Waals surface area contributed by atoms with Crippen LogP contribution in [0.4, 0.5) is 0 Å². The second-order valence-electron chi connectivity index (χ2n) is 5.66. The van der Waals surface area contributed by atoms with Crippen molar-refractivity contribution in [1.82, 2.24) is 0 Å². The summed E-state index contributed by atoms with van der Waals surface area (Å²) in [6.07, 6.45) is 8.02. The number of rotatable bonds is 4. The van der Waals surface area contributed by atoms with Gasteiger partial charge in [-0.3, -0.25) is 0 Å². The summed E-state index contributed by atoms with van der Waals surface area (Å²) in [5, 5.41) is 0. The van der Waals surface area contributed by atoms with Crippen LogP contribution in [0.2, 0.25) is 0 Å². The van der Waals surface area contributed by atoms with Crippen LogP contribution in [0.25, 0.3) is 0 Å². The third-order valence-corrected chi connectivity index (χ3v) is 4.59. The molecule has 0 radical (unpaired) electrons. The molecule has 1 heteroatoms. The molecule has 2 aliphatic carbocycles. The number of hydrogen-bond acceptors (Lipinski definition) is 1. The maximum absolute atomic E-state index is 6.49. The summed E-state index contributed by atoms with van der Waals surface area (Å²) in [5.74, 6) is 0.941. The first-order valence-corrected chi connectivity index (χ1v) is 6.62. The summed E-state index contributed by atoms with van der Waals surface area (Å²) in [7, 11) is 0. The maximum Gasteiger partial charge on any atom is 0.0139 e. The Labute approximate surface area is 98.0 Å². The molecule has 1 nitrogen and oxygen atoms in total. The van der Waals surface area contributed by atoms with Crippen molar-refractivity contribution >= 4 is 0 Å². The van der Waals surface area contributed by atoms with Crippen molar-refractivity contribution in [3.63, 3.8) is 0 Å². The van der Waals surface area contributed by atoms with Gasteiger partial charge in [-0.15, -0.1) is 0 Å². The van der Waals surface area contributed by atoms with Crippen molar-refractivity contribution < 1.29 is 0 Å². The van der Waals surface area contributed by atoms with Gasteiger partial charge in [-0.2, -0.15) is 0 Å². The Hall–Kier alpha value is -0.820. The number of benzene rings is 1. The molecule has 0 saturated heterocycles.